The Kier molecular flexibility index (Phi) is 6.79. The van der Waals surface area contributed by atoms with Gasteiger partial charge in [-0.25, -0.2) is 4.79 Å². The van der Waals surface area contributed by atoms with Gasteiger partial charge >= 0.3 is 5.97 Å². The number of anilines is 1. The first-order chi connectivity index (χ1) is 12.5. The van der Waals surface area contributed by atoms with Crippen LogP contribution in [0.4, 0.5) is 5.69 Å². The number of methoxy groups -OCH3 is 2. The summed E-state index contributed by atoms with van der Waals surface area (Å²) in [5.41, 5.74) is 1.32. The molecule has 6 heteroatoms. The van der Waals surface area contributed by atoms with Crippen LogP contribution in [0.5, 0.6) is 11.5 Å². The fourth-order valence-corrected chi connectivity index (χ4v) is 2.13. The van der Waals surface area contributed by atoms with Crippen LogP contribution in [-0.2, 0) is 14.3 Å². The topological polar surface area (TPSA) is 73.9 Å². The van der Waals surface area contributed by atoms with Crippen molar-refractivity contribution in [1.29, 1.82) is 0 Å². The maximum atomic E-state index is 12.2. The zero-order chi connectivity index (χ0) is 18.9. The number of carbonyl (C=O) groups excluding carboxylic acids is 2. The fourth-order valence-electron chi connectivity index (χ4n) is 2.13. The summed E-state index contributed by atoms with van der Waals surface area (Å²) in [5, 5.41) is 2.67. The molecule has 0 bridgehead atoms. The van der Waals surface area contributed by atoms with Crippen LogP contribution in [0.25, 0.3) is 6.08 Å². The molecule has 0 saturated heterocycles. The Bertz CT molecular complexity index is 783. The summed E-state index contributed by atoms with van der Waals surface area (Å²) in [4.78, 5) is 24.1. The number of benzene rings is 2. The van der Waals surface area contributed by atoms with Crippen LogP contribution in [0.1, 0.15) is 12.5 Å². The van der Waals surface area contributed by atoms with Gasteiger partial charge < -0.3 is 19.5 Å². The maximum absolute atomic E-state index is 12.2. The normalized spacial score (nSPS) is 11.7. The van der Waals surface area contributed by atoms with Gasteiger partial charge in [-0.05, 0) is 42.8 Å². The number of hydrogen-bond acceptors (Lipinski definition) is 5. The van der Waals surface area contributed by atoms with Crippen molar-refractivity contribution >= 4 is 23.6 Å². The van der Waals surface area contributed by atoms with E-state index in [4.69, 9.17) is 14.2 Å². The van der Waals surface area contributed by atoms with Crippen molar-refractivity contribution in [2.45, 2.75) is 13.0 Å². The number of esters is 1. The van der Waals surface area contributed by atoms with Gasteiger partial charge in [0.2, 0.25) is 0 Å². The molecule has 2 rings (SSSR count). The summed E-state index contributed by atoms with van der Waals surface area (Å²) in [7, 11) is 3.10. The van der Waals surface area contributed by atoms with E-state index in [-0.39, 0.29) is 0 Å². The Morgan fingerprint density at radius 3 is 2.35 bits per heavy atom. The van der Waals surface area contributed by atoms with Crippen LogP contribution < -0.4 is 14.8 Å². The lowest BCUT2D eigenvalue weighted by Gasteiger charge is -2.14. The molecule has 0 unspecified atom stereocenters. The highest BCUT2D eigenvalue weighted by Gasteiger charge is 2.18. The smallest absolute Gasteiger partial charge is 0.331 e. The van der Waals surface area contributed by atoms with Crippen molar-refractivity contribution in [3.05, 3.63) is 60.2 Å². The van der Waals surface area contributed by atoms with E-state index in [0.717, 1.165) is 11.3 Å². The summed E-state index contributed by atoms with van der Waals surface area (Å²) in [6.07, 6.45) is 1.93. The van der Waals surface area contributed by atoms with Gasteiger partial charge in [-0.3, -0.25) is 4.79 Å². The molecule has 2 aromatic carbocycles. The fraction of sp³-hybridized carbons (Fsp3) is 0.200. The van der Waals surface area contributed by atoms with Gasteiger partial charge in [-0.15, -0.1) is 0 Å². The SMILES string of the molecule is COc1ccc(/C=C/C(=O)O[C@@H](C)C(=O)Nc2ccccc2OC)cc1. The predicted molar refractivity (Wildman–Crippen MR) is 99.2 cm³/mol. The molecule has 0 aliphatic rings. The first-order valence-corrected chi connectivity index (χ1v) is 8.00. The van der Waals surface area contributed by atoms with Gasteiger partial charge in [-0.1, -0.05) is 24.3 Å². The van der Waals surface area contributed by atoms with E-state index in [1.165, 1.54) is 20.1 Å². The monoisotopic (exact) mass is 355 g/mol. The molecule has 1 atom stereocenters. The van der Waals surface area contributed by atoms with Gasteiger partial charge in [-0.2, -0.15) is 0 Å². The Labute approximate surface area is 152 Å². The van der Waals surface area contributed by atoms with Crippen molar-refractivity contribution in [1.82, 2.24) is 0 Å². The first kappa shape index (κ1) is 19.1. The highest BCUT2D eigenvalue weighted by molar-refractivity contribution is 5.97. The standard InChI is InChI=1S/C20H21NO5/c1-14(20(23)21-17-6-4-5-7-18(17)25-3)26-19(22)13-10-15-8-11-16(24-2)12-9-15/h4-14H,1-3H3,(H,21,23)/b13-10+/t14-/m0/s1. The van der Waals surface area contributed by atoms with E-state index >= 15 is 0 Å². The second-order valence-electron chi connectivity index (χ2n) is 5.38. The molecule has 0 radical (unpaired) electrons. The van der Waals surface area contributed by atoms with Crippen LogP contribution in [0, 0.1) is 0 Å². The molecular weight excluding hydrogens is 334 g/mol. The molecule has 2 aromatic rings. The molecular formula is C20H21NO5. The molecule has 0 spiro atoms. The van der Waals surface area contributed by atoms with Crippen molar-refractivity contribution in [3.8, 4) is 11.5 Å². The number of carbonyl (C=O) groups is 2. The van der Waals surface area contributed by atoms with Crippen LogP contribution in [0.3, 0.4) is 0 Å². The van der Waals surface area contributed by atoms with E-state index < -0.39 is 18.0 Å². The average molecular weight is 355 g/mol. The lowest BCUT2D eigenvalue weighted by Crippen LogP contribution is -2.29. The van der Waals surface area contributed by atoms with E-state index in [0.29, 0.717) is 11.4 Å². The van der Waals surface area contributed by atoms with Gasteiger partial charge in [0, 0.05) is 6.08 Å². The van der Waals surface area contributed by atoms with Crippen molar-refractivity contribution < 1.29 is 23.8 Å². The molecule has 0 saturated carbocycles. The minimum Gasteiger partial charge on any atom is -0.497 e. The molecule has 0 heterocycles. The molecule has 1 amide bonds. The van der Waals surface area contributed by atoms with Gasteiger partial charge in [0.25, 0.3) is 5.91 Å². The summed E-state index contributed by atoms with van der Waals surface area (Å²) >= 11 is 0. The van der Waals surface area contributed by atoms with Crippen molar-refractivity contribution in [3.63, 3.8) is 0 Å². The summed E-state index contributed by atoms with van der Waals surface area (Å²) < 4.78 is 15.4. The summed E-state index contributed by atoms with van der Waals surface area (Å²) in [6.45, 7) is 1.50. The lowest BCUT2D eigenvalue weighted by molar-refractivity contribution is -0.148. The van der Waals surface area contributed by atoms with Crippen LogP contribution >= 0.6 is 0 Å². The van der Waals surface area contributed by atoms with Crippen LogP contribution in [0.15, 0.2) is 54.6 Å². The number of ether oxygens (including phenoxy) is 3. The molecule has 0 aliphatic carbocycles. The Morgan fingerprint density at radius 2 is 1.69 bits per heavy atom. The minimum atomic E-state index is -0.951. The highest BCUT2D eigenvalue weighted by Crippen LogP contribution is 2.23. The molecule has 1 N–H and O–H groups in total. The number of hydrogen-bond donors (Lipinski definition) is 1. The Balaban J connectivity index is 1.90. The second-order valence-corrected chi connectivity index (χ2v) is 5.38. The zero-order valence-corrected chi connectivity index (χ0v) is 14.9. The largest absolute Gasteiger partial charge is 0.497 e. The maximum Gasteiger partial charge on any atom is 0.331 e. The van der Waals surface area contributed by atoms with E-state index in [1.807, 2.05) is 0 Å². The van der Waals surface area contributed by atoms with E-state index in [2.05, 4.69) is 5.32 Å². The predicted octanol–water partition coefficient (Wildman–Crippen LogP) is 3.29. The Morgan fingerprint density at radius 1 is 1.00 bits per heavy atom. The van der Waals surface area contributed by atoms with Gasteiger partial charge in [0.05, 0.1) is 19.9 Å². The molecule has 0 fully saturated rings. The first-order valence-electron chi connectivity index (χ1n) is 8.00. The zero-order valence-electron chi connectivity index (χ0n) is 14.9. The highest BCUT2D eigenvalue weighted by atomic mass is 16.5. The van der Waals surface area contributed by atoms with Gasteiger partial charge in [0.1, 0.15) is 11.5 Å². The van der Waals surface area contributed by atoms with Crippen molar-refractivity contribution in [2.24, 2.45) is 0 Å². The molecule has 136 valence electrons. The summed E-state index contributed by atoms with van der Waals surface area (Å²) in [6, 6.07) is 14.2. The molecule has 0 aliphatic heterocycles. The van der Waals surface area contributed by atoms with E-state index in [9.17, 15) is 9.59 Å². The number of amides is 1. The lowest BCUT2D eigenvalue weighted by atomic mass is 10.2. The van der Waals surface area contributed by atoms with Gasteiger partial charge in [0.15, 0.2) is 6.10 Å². The Hall–Kier alpha value is -3.28. The summed E-state index contributed by atoms with van der Waals surface area (Å²) in [5.74, 6) is 0.203. The second kappa shape index (κ2) is 9.27. The third kappa shape index (κ3) is 5.37. The van der Waals surface area contributed by atoms with Crippen molar-refractivity contribution in [2.75, 3.05) is 19.5 Å². The quantitative estimate of drug-likeness (QED) is 0.609. The molecule has 6 nitrogen and oxygen atoms in total. The third-order valence-corrected chi connectivity index (χ3v) is 3.55. The average Bonchev–Trinajstić information content (AvgIpc) is 2.67. The molecule has 0 aromatic heterocycles. The number of rotatable bonds is 7. The molecule has 26 heavy (non-hydrogen) atoms. The number of nitrogens with one attached hydrogen (secondary N) is 1. The third-order valence-electron chi connectivity index (χ3n) is 3.55. The van der Waals surface area contributed by atoms with Crippen LogP contribution in [-0.4, -0.2) is 32.2 Å². The number of para-hydroxylation sites is 2. The van der Waals surface area contributed by atoms with Crippen LogP contribution in [0.2, 0.25) is 0 Å². The van der Waals surface area contributed by atoms with E-state index in [1.54, 1.807) is 61.7 Å². The minimum absolute atomic E-state index is 0.444.